The van der Waals surface area contributed by atoms with Gasteiger partial charge in [-0.15, -0.1) is 0 Å². The smallest absolute Gasteiger partial charge is 0.341 e. The fraction of sp³-hybridized carbons (Fsp3) is 0.130. The van der Waals surface area contributed by atoms with Crippen LogP contribution in [0.5, 0.6) is 17.2 Å². The minimum atomic E-state index is -0.462. The lowest BCUT2D eigenvalue weighted by Crippen LogP contribution is -2.08. The topological polar surface area (TPSA) is 88.6 Å². The van der Waals surface area contributed by atoms with E-state index in [2.05, 4.69) is 4.98 Å². The number of anilines is 1. The number of para-hydroxylation sites is 1. The third-order valence-electron chi connectivity index (χ3n) is 4.74. The predicted octanol–water partition coefficient (Wildman–Crippen LogP) is 4.25. The Balaban J connectivity index is 1.69. The number of aromatic nitrogens is 2. The summed E-state index contributed by atoms with van der Waals surface area (Å²) in [5, 5.41) is 0. The maximum atomic E-state index is 12.1. The van der Waals surface area contributed by atoms with Crippen molar-refractivity contribution in [2.24, 2.45) is 0 Å². The SMILES string of the molecule is COC(=O)c1cc(Cn2c(N)nc3ccc(Oc4ccccc4)cc32)ccc1OC. The normalized spacial score (nSPS) is 10.7. The Labute approximate surface area is 173 Å². The van der Waals surface area contributed by atoms with Crippen molar-refractivity contribution in [3.63, 3.8) is 0 Å². The summed E-state index contributed by atoms with van der Waals surface area (Å²) in [5.41, 5.74) is 8.98. The minimum Gasteiger partial charge on any atom is -0.496 e. The summed E-state index contributed by atoms with van der Waals surface area (Å²) in [6, 6.07) is 20.5. The molecule has 0 radical (unpaired) electrons. The van der Waals surface area contributed by atoms with E-state index < -0.39 is 5.97 Å². The Bertz CT molecular complexity index is 1200. The number of carbonyl (C=O) groups excluding carboxylic acids is 1. The Kier molecular flexibility index (Phi) is 5.26. The van der Waals surface area contributed by atoms with Gasteiger partial charge in [-0.05, 0) is 42.0 Å². The van der Waals surface area contributed by atoms with E-state index in [9.17, 15) is 4.79 Å². The molecule has 0 aliphatic rings. The molecular formula is C23H21N3O4. The molecule has 0 atom stereocenters. The van der Waals surface area contributed by atoms with Crippen molar-refractivity contribution in [3.8, 4) is 17.2 Å². The Morgan fingerprint density at radius 3 is 2.53 bits per heavy atom. The number of esters is 1. The Morgan fingerprint density at radius 1 is 1.00 bits per heavy atom. The molecule has 0 bridgehead atoms. The van der Waals surface area contributed by atoms with Gasteiger partial charge in [-0.2, -0.15) is 0 Å². The molecule has 7 nitrogen and oxygen atoms in total. The van der Waals surface area contributed by atoms with Crippen LogP contribution in [0.15, 0.2) is 66.7 Å². The zero-order valence-electron chi connectivity index (χ0n) is 16.7. The number of methoxy groups -OCH3 is 2. The fourth-order valence-electron chi connectivity index (χ4n) is 3.28. The van der Waals surface area contributed by atoms with Crippen molar-refractivity contribution in [2.75, 3.05) is 20.0 Å². The van der Waals surface area contributed by atoms with Crippen molar-refractivity contribution in [3.05, 3.63) is 77.9 Å². The van der Waals surface area contributed by atoms with Crippen molar-refractivity contribution in [2.45, 2.75) is 6.54 Å². The molecule has 0 aliphatic heterocycles. The number of benzene rings is 3. The predicted molar refractivity (Wildman–Crippen MR) is 114 cm³/mol. The van der Waals surface area contributed by atoms with Crippen LogP contribution in [-0.2, 0) is 11.3 Å². The highest BCUT2D eigenvalue weighted by Crippen LogP contribution is 2.28. The Hall–Kier alpha value is -4.00. The molecule has 0 amide bonds. The summed E-state index contributed by atoms with van der Waals surface area (Å²) in [6.07, 6.45) is 0. The van der Waals surface area contributed by atoms with Gasteiger partial charge in [-0.1, -0.05) is 24.3 Å². The zero-order chi connectivity index (χ0) is 21.1. The van der Waals surface area contributed by atoms with E-state index in [1.807, 2.05) is 59.2 Å². The van der Waals surface area contributed by atoms with E-state index in [1.54, 1.807) is 12.1 Å². The highest BCUT2D eigenvalue weighted by Gasteiger charge is 2.15. The van der Waals surface area contributed by atoms with Crippen LogP contribution in [0.4, 0.5) is 5.95 Å². The van der Waals surface area contributed by atoms with E-state index >= 15 is 0 Å². The number of hydrogen-bond acceptors (Lipinski definition) is 6. The van der Waals surface area contributed by atoms with Crippen LogP contribution in [0.1, 0.15) is 15.9 Å². The van der Waals surface area contributed by atoms with E-state index in [0.717, 1.165) is 22.3 Å². The van der Waals surface area contributed by atoms with Crippen molar-refractivity contribution in [1.82, 2.24) is 9.55 Å². The van der Waals surface area contributed by atoms with Gasteiger partial charge >= 0.3 is 5.97 Å². The lowest BCUT2D eigenvalue weighted by molar-refractivity contribution is 0.0597. The molecule has 1 aromatic heterocycles. The quantitative estimate of drug-likeness (QED) is 0.484. The van der Waals surface area contributed by atoms with Crippen LogP contribution >= 0.6 is 0 Å². The summed E-state index contributed by atoms with van der Waals surface area (Å²) in [4.78, 5) is 16.5. The van der Waals surface area contributed by atoms with Gasteiger partial charge in [0, 0.05) is 6.07 Å². The largest absolute Gasteiger partial charge is 0.496 e. The molecule has 0 saturated heterocycles. The highest BCUT2D eigenvalue weighted by molar-refractivity contribution is 5.92. The van der Waals surface area contributed by atoms with E-state index in [-0.39, 0.29) is 0 Å². The molecule has 1 heterocycles. The van der Waals surface area contributed by atoms with Crippen molar-refractivity contribution < 1.29 is 19.0 Å². The molecule has 7 heteroatoms. The molecular weight excluding hydrogens is 382 g/mol. The average Bonchev–Trinajstić information content (AvgIpc) is 3.08. The monoisotopic (exact) mass is 403 g/mol. The lowest BCUT2D eigenvalue weighted by Gasteiger charge is -2.12. The molecule has 0 spiro atoms. The molecule has 152 valence electrons. The number of carbonyl (C=O) groups is 1. The first kappa shape index (κ1) is 19.3. The number of fused-ring (bicyclic) bond motifs is 1. The number of imidazole rings is 1. The van der Waals surface area contributed by atoms with E-state index in [4.69, 9.17) is 19.9 Å². The molecule has 4 aromatic rings. The zero-order valence-corrected chi connectivity index (χ0v) is 16.7. The van der Waals surface area contributed by atoms with E-state index in [1.165, 1.54) is 14.2 Å². The lowest BCUT2D eigenvalue weighted by atomic mass is 10.1. The first-order valence-electron chi connectivity index (χ1n) is 9.33. The summed E-state index contributed by atoms with van der Waals surface area (Å²) < 4.78 is 17.9. The number of nitrogens with zero attached hydrogens (tertiary/aromatic N) is 2. The standard InChI is InChI=1S/C23H21N3O4/c1-28-21-11-8-15(12-18(21)22(27)29-2)14-26-20-13-17(9-10-19(20)25-23(26)24)30-16-6-4-3-5-7-16/h3-13H,14H2,1-2H3,(H2,24,25). The number of ether oxygens (including phenoxy) is 3. The number of nitrogen functional groups attached to an aromatic ring is 1. The second kappa shape index (κ2) is 8.16. The third-order valence-corrected chi connectivity index (χ3v) is 4.74. The second-order valence-electron chi connectivity index (χ2n) is 6.65. The van der Waals surface area contributed by atoms with Crippen LogP contribution in [-0.4, -0.2) is 29.7 Å². The van der Waals surface area contributed by atoms with Crippen LogP contribution in [0.3, 0.4) is 0 Å². The number of nitrogens with two attached hydrogens (primary N) is 1. The highest BCUT2D eigenvalue weighted by atomic mass is 16.5. The first-order valence-corrected chi connectivity index (χ1v) is 9.33. The molecule has 4 rings (SSSR count). The molecule has 0 aliphatic carbocycles. The Morgan fingerprint density at radius 2 is 1.80 bits per heavy atom. The molecule has 0 fully saturated rings. The van der Waals surface area contributed by atoms with Gasteiger partial charge in [-0.3, -0.25) is 0 Å². The summed E-state index contributed by atoms with van der Waals surface area (Å²) in [7, 11) is 2.85. The second-order valence-corrected chi connectivity index (χ2v) is 6.65. The molecule has 0 unspecified atom stereocenters. The van der Waals surface area contributed by atoms with Gasteiger partial charge in [-0.25, -0.2) is 9.78 Å². The minimum absolute atomic E-state index is 0.355. The van der Waals surface area contributed by atoms with Gasteiger partial charge in [0.05, 0.1) is 31.8 Å². The maximum Gasteiger partial charge on any atom is 0.341 e. The maximum absolute atomic E-state index is 12.1. The summed E-state index contributed by atoms with van der Waals surface area (Å²) in [6.45, 7) is 0.422. The van der Waals surface area contributed by atoms with Crippen molar-refractivity contribution in [1.29, 1.82) is 0 Å². The van der Waals surface area contributed by atoms with Gasteiger partial charge in [0.2, 0.25) is 5.95 Å². The van der Waals surface area contributed by atoms with Gasteiger partial charge in [0.25, 0.3) is 0 Å². The average molecular weight is 403 g/mol. The van der Waals surface area contributed by atoms with Crippen LogP contribution in [0.2, 0.25) is 0 Å². The summed E-state index contributed by atoms with van der Waals surface area (Å²) in [5.74, 6) is 1.79. The molecule has 3 aromatic carbocycles. The van der Waals surface area contributed by atoms with Gasteiger partial charge in [0.1, 0.15) is 22.8 Å². The number of rotatable bonds is 6. The van der Waals surface area contributed by atoms with E-state index in [0.29, 0.717) is 29.6 Å². The fourth-order valence-corrected chi connectivity index (χ4v) is 3.28. The molecule has 30 heavy (non-hydrogen) atoms. The molecule has 0 saturated carbocycles. The number of hydrogen-bond donors (Lipinski definition) is 1. The van der Waals surface area contributed by atoms with Gasteiger partial charge in [0.15, 0.2) is 0 Å². The van der Waals surface area contributed by atoms with Crippen LogP contribution in [0.25, 0.3) is 11.0 Å². The van der Waals surface area contributed by atoms with Crippen LogP contribution in [0, 0.1) is 0 Å². The summed E-state index contributed by atoms with van der Waals surface area (Å²) >= 11 is 0. The van der Waals surface area contributed by atoms with Gasteiger partial charge < -0.3 is 24.5 Å². The van der Waals surface area contributed by atoms with Crippen LogP contribution < -0.4 is 15.2 Å². The first-order chi connectivity index (χ1) is 14.6. The van der Waals surface area contributed by atoms with Crippen molar-refractivity contribution >= 4 is 23.0 Å². The third kappa shape index (κ3) is 3.77. The molecule has 2 N–H and O–H groups in total.